The van der Waals surface area contributed by atoms with Crippen LogP contribution in [0.2, 0.25) is 0 Å². The van der Waals surface area contributed by atoms with Crippen molar-refractivity contribution in [2.75, 3.05) is 6.61 Å². The number of nitrogens with zero attached hydrogens (tertiary/aromatic N) is 1. The lowest BCUT2D eigenvalue weighted by molar-refractivity contribution is -0.137. The lowest BCUT2D eigenvalue weighted by atomic mass is 9.94. The highest BCUT2D eigenvalue weighted by Gasteiger charge is 2.39. The van der Waals surface area contributed by atoms with E-state index in [2.05, 4.69) is 5.32 Å². The maximum atomic E-state index is 12.1. The van der Waals surface area contributed by atoms with Gasteiger partial charge in [-0.25, -0.2) is 9.59 Å². The maximum absolute atomic E-state index is 12.1. The molecule has 2 aliphatic rings. The van der Waals surface area contributed by atoms with Crippen LogP contribution in [0.3, 0.4) is 0 Å². The third-order valence-electron chi connectivity index (χ3n) is 3.40. The molecular formula is C13H18N2O4. The van der Waals surface area contributed by atoms with E-state index in [4.69, 9.17) is 4.74 Å². The van der Waals surface area contributed by atoms with Crippen molar-refractivity contribution in [3.8, 4) is 0 Å². The largest absolute Gasteiger partial charge is 0.463 e. The van der Waals surface area contributed by atoms with Crippen LogP contribution < -0.4 is 5.32 Å². The number of urea groups is 1. The summed E-state index contributed by atoms with van der Waals surface area (Å²) in [6.07, 6.45) is 5.92. The van der Waals surface area contributed by atoms with Gasteiger partial charge in [-0.05, 0) is 19.8 Å². The third kappa shape index (κ3) is 2.94. The summed E-state index contributed by atoms with van der Waals surface area (Å²) in [7, 11) is 0. The number of hydrogen-bond donors (Lipinski definition) is 1. The Morgan fingerprint density at radius 3 is 2.68 bits per heavy atom. The van der Waals surface area contributed by atoms with Gasteiger partial charge in [0.2, 0.25) is 0 Å². The van der Waals surface area contributed by atoms with Crippen molar-refractivity contribution in [3.05, 3.63) is 11.8 Å². The first-order valence-corrected chi connectivity index (χ1v) is 6.66. The van der Waals surface area contributed by atoms with E-state index in [0.29, 0.717) is 0 Å². The zero-order chi connectivity index (χ0) is 13.8. The van der Waals surface area contributed by atoms with Gasteiger partial charge in [0.25, 0.3) is 5.91 Å². The molecule has 104 valence electrons. The van der Waals surface area contributed by atoms with Gasteiger partial charge in [-0.2, -0.15) is 0 Å². The second kappa shape index (κ2) is 5.86. The van der Waals surface area contributed by atoms with Crippen molar-refractivity contribution in [2.24, 2.45) is 0 Å². The molecular weight excluding hydrogens is 248 g/mol. The Bertz CT molecular complexity index is 424. The van der Waals surface area contributed by atoms with Crippen LogP contribution in [-0.4, -0.2) is 35.5 Å². The van der Waals surface area contributed by atoms with Crippen LogP contribution in [0.4, 0.5) is 4.79 Å². The monoisotopic (exact) mass is 266 g/mol. The second-order valence-electron chi connectivity index (χ2n) is 4.71. The highest BCUT2D eigenvalue weighted by Crippen LogP contribution is 2.26. The highest BCUT2D eigenvalue weighted by molar-refractivity contribution is 6.14. The van der Waals surface area contributed by atoms with Crippen LogP contribution in [0.25, 0.3) is 0 Å². The minimum Gasteiger partial charge on any atom is -0.463 e. The first kappa shape index (κ1) is 13.6. The number of carbonyl (C=O) groups excluding carboxylic acids is 3. The fraction of sp³-hybridized carbons (Fsp3) is 0.615. The molecule has 1 aliphatic carbocycles. The molecule has 2 fully saturated rings. The summed E-state index contributed by atoms with van der Waals surface area (Å²) in [5, 5.41) is 2.44. The predicted molar refractivity (Wildman–Crippen MR) is 67.0 cm³/mol. The molecule has 19 heavy (non-hydrogen) atoms. The number of hydrogen-bond acceptors (Lipinski definition) is 4. The van der Waals surface area contributed by atoms with Gasteiger partial charge in [0, 0.05) is 6.04 Å². The first-order chi connectivity index (χ1) is 9.13. The summed E-state index contributed by atoms with van der Waals surface area (Å²) >= 11 is 0. The molecule has 2 rings (SSSR count). The molecule has 6 heteroatoms. The fourth-order valence-corrected chi connectivity index (χ4v) is 2.52. The van der Waals surface area contributed by atoms with Crippen LogP contribution in [0.15, 0.2) is 11.8 Å². The van der Waals surface area contributed by atoms with Crippen LogP contribution in [0, 0.1) is 0 Å². The van der Waals surface area contributed by atoms with E-state index in [0.717, 1.165) is 38.2 Å². The Morgan fingerprint density at radius 2 is 2.05 bits per heavy atom. The highest BCUT2D eigenvalue weighted by atomic mass is 16.5. The zero-order valence-electron chi connectivity index (χ0n) is 11.0. The Hall–Kier alpha value is -1.85. The summed E-state index contributed by atoms with van der Waals surface area (Å²) in [5.41, 5.74) is 0.00836. The predicted octanol–water partition coefficient (Wildman–Crippen LogP) is 1.32. The molecule has 0 aromatic rings. The first-order valence-electron chi connectivity index (χ1n) is 6.66. The molecule has 1 N–H and O–H groups in total. The fourth-order valence-electron chi connectivity index (χ4n) is 2.52. The number of esters is 1. The molecule has 1 aliphatic heterocycles. The Kier molecular flexibility index (Phi) is 4.19. The molecule has 0 atom stereocenters. The van der Waals surface area contributed by atoms with E-state index in [1.807, 2.05) is 0 Å². The quantitative estimate of drug-likeness (QED) is 0.475. The van der Waals surface area contributed by atoms with Crippen LogP contribution in [0.5, 0.6) is 0 Å². The smallest absolute Gasteiger partial charge is 0.333 e. The number of rotatable bonds is 3. The second-order valence-corrected chi connectivity index (χ2v) is 4.71. The summed E-state index contributed by atoms with van der Waals surface area (Å²) in [6, 6.07) is -0.484. The number of imide groups is 1. The van der Waals surface area contributed by atoms with Crippen molar-refractivity contribution in [1.29, 1.82) is 0 Å². The van der Waals surface area contributed by atoms with Gasteiger partial charge >= 0.3 is 12.0 Å². The average Bonchev–Trinajstić information content (AvgIpc) is 2.66. The van der Waals surface area contributed by atoms with E-state index >= 15 is 0 Å². The lowest BCUT2D eigenvalue weighted by Gasteiger charge is -2.28. The van der Waals surface area contributed by atoms with E-state index in [1.165, 1.54) is 4.90 Å². The van der Waals surface area contributed by atoms with E-state index in [1.54, 1.807) is 6.92 Å². The van der Waals surface area contributed by atoms with Crippen LogP contribution in [-0.2, 0) is 14.3 Å². The van der Waals surface area contributed by atoms with Crippen LogP contribution >= 0.6 is 0 Å². The Morgan fingerprint density at radius 1 is 1.37 bits per heavy atom. The topological polar surface area (TPSA) is 75.7 Å². The molecule has 6 nitrogen and oxygen atoms in total. The van der Waals surface area contributed by atoms with Gasteiger partial charge in [0.1, 0.15) is 5.70 Å². The molecule has 0 spiro atoms. The molecule has 0 aromatic carbocycles. The molecule has 1 saturated carbocycles. The maximum Gasteiger partial charge on any atom is 0.333 e. The van der Waals surface area contributed by atoms with Crippen molar-refractivity contribution >= 4 is 17.9 Å². The van der Waals surface area contributed by atoms with E-state index in [9.17, 15) is 14.4 Å². The number of carbonyl (C=O) groups is 3. The molecule has 0 bridgehead atoms. The minimum atomic E-state index is -0.614. The summed E-state index contributed by atoms with van der Waals surface area (Å²) in [4.78, 5) is 36.5. The van der Waals surface area contributed by atoms with Gasteiger partial charge in [-0.15, -0.1) is 0 Å². The number of ether oxygens (including phenoxy) is 1. The zero-order valence-corrected chi connectivity index (χ0v) is 11.0. The Balaban J connectivity index is 2.09. The van der Waals surface area contributed by atoms with Gasteiger partial charge in [-0.1, -0.05) is 19.3 Å². The lowest BCUT2D eigenvalue weighted by Crippen LogP contribution is -2.41. The van der Waals surface area contributed by atoms with Crippen molar-refractivity contribution in [1.82, 2.24) is 10.2 Å². The molecule has 0 aromatic heterocycles. The van der Waals surface area contributed by atoms with Gasteiger partial charge in [0.05, 0.1) is 12.7 Å². The van der Waals surface area contributed by atoms with Crippen molar-refractivity contribution in [3.63, 3.8) is 0 Å². The molecule has 1 saturated heterocycles. The van der Waals surface area contributed by atoms with Gasteiger partial charge < -0.3 is 10.1 Å². The normalized spacial score (nSPS) is 22.8. The number of nitrogens with one attached hydrogen (secondary N) is 1. The number of amides is 3. The third-order valence-corrected chi connectivity index (χ3v) is 3.40. The van der Waals surface area contributed by atoms with Gasteiger partial charge in [0.15, 0.2) is 0 Å². The van der Waals surface area contributed by atoms with Crippen molar-refractivity contribution < 1.29 is 19.1 Å². The molecule has 1 heterocycles. The summed E-state index contributed by atoms with van der Waals surface area (Å²) in [5.74, 6) is -1.04. The standard InChI is InChI=1S/C13H18N2O4/c1-2-19-11(16)8-10-12(17)15(13(18)14-10)9-6-4-3-5-7-9/h8-9H,2-7H2,1H3,(H,14,18)/b10-8+. The van der Waals surface area contributed by atoms with Gasteiger partial charge in [-0.3, -0.25) is 9.69 Å². The SMILES string of the molecule is CCOC(=O)/C=C1/NC(=O)N(C2CCCCC2)C1=O. The molecule has 3 amide bonds. The Labute approximate surface area is 111 Å². The minimum absolute atomic E-state index is 0.00836. The average molecular weight is 266 g/mol. The van der Waals surface area contributed by atoms with Crippen LogP contribution in [0.1, 0.15) is 39.0 Å². The van der Waals surface area contributed by atoms with Crippen molar-refractivity contribution in [2.45, 2.75) is 45.1 Å². The molecule has 0 radical (unpaired) electrons. The van der Waals surface area contributed by atoms with E-state index in [-0.39, 0.29) is 18.3 Å². The molecule has 0 unspecified atom stereocenters. The summed E-state index contributed by atoms with van der Waals surface area (Å²) < 4.78 is 4.73. The van der Waals surface area contributed by atoms with E-state index < -0.39 is 17.9 Å². The summed E-state index contributed by atoms with van der Waals surface area (Å²) in [6.45, 7) is 1.91.